The van der Waals surface area contributed by atoms with Gasteiger partial charge in [0.15, 0.2) is 23.1 Å². The molecule has 0 aromatic heterocycles. The first-order valence-electron chi connectivity index (χ1n) is 13.9. The van der Waals surface area contributed by atoms with Crippen LogP contribution in [0.3, 0.4) is 0 Å². The summed E-state index contributed by atoms with van der Waals surface area (Å²) in [6, 6.07) is 11.5. The van der Waals surface area contributed by atoms with Crippen LogP contribution in [0.4, 0.5) is 0 Å². The minimum Gasteiger partial charge on any atom is -0.493 e. The van der Waals surface area contributed by atoms with Crippen LogP contribution in [0.2, 0.25) is 5.02 Å². The number of ether oxygens (including phenoxy) is 2. The maximum atomic E-state index is 13.9. The standard InChI is InChI=1S/C33H37BrClNO4/c1-7-36-23-14-32(2,3)16-25(37)29(23)28(30-24(36)15-33(4,5)17-26(30)38)20-12-21(34)31(27(13-20)39-6)40-18-19-10-8-9-11-22(19)35/h8-13,28H,7,14-18H2,1-6H3. The van der Waals surface area contributed by atoms with Crippen LogP contribution in [0.5, 0.6) is 11.5 Å². The molecule has 0 saturated heterocycles. The number of hydrogen-bond donors (Lipinski definition) is 0. The summed E-state index contributed by atoms with van der Waals surface area (Å²) >= 11 is 10.1. The first-order chi connectivity index (χ1) is 18.9. The maximum absolute atomic E-state index is 13.9. The molecule has 2 aromatic carbocycles. The summed E-state index contributed by atoms with van der Waals surface area (Å²) in [5, 5.41) is 0.633. The highest BCUT2D eigenvalue weighted by Crippen LogP contribution is 2.55. The molecule has 40 heavy (non-hydrogen) atoms. The van der Waals surface area contributed by atoms with Gasteiger partial charge in [0.1, 0.15) is 6.61 Å². The highest BCUT2D eigenvalue weighted by molar-refractivity contribution is 9.10. The largest absolute Gasteiger partial charge is 0.493 e. The van der Waals surface area contributed by atoms with Crippen molar-refractivity contribution in [2.75, 3.05) is 13.7 Å². The molecule has 0 radical (unpaired) electrons. The smallest absolute Gasteiger partial charge is 0.175 e. The third-order valence-electron chi connectivity index (χ3n) is 8.25. The molecule has 3 aliphatic rings. The Morgan fingerprint density at radius 3 is 2.05 bits per heavy atom. The van der Waals surface area contributed by atoms with Crippen LogP contribution in [-0.4, -0.2) is 30.1 Å². The molecule has 5 rings (SSSR count). The number of carbonyl (C=O) groups is 2. The van der Waals surface area contributed by atoms with E-state index in [-0.39, 0.29) is 29.0 Å². The van der Waals surface area contributed by atoms with Crippen LogP contribution >= 0.6 is 27.5 Å². The summed E-state index contributed by atoms with van der Waals surface area (Å²) in [4.78, 5) is 30.1. The molecule has 0 saturated carbocycles. The van der Waals surface area contributed by atoms with Crippen LogP contribution in [-0.2, 0) is 16.2 Å². The Morgan fingerprint density at radius 1 is 0.950 bits per heavy atom. The Bertz CT molecular complexity index is 1400. The summed E-state index contributed by atoms with van der Waals surface area (Å²) in [5.41, 5.74) is 5.07. The van der Waals surface area contributed by atoms with Crippen molar-refractivity contribution in [1.29, 1.82) is 0 Å². The summed E-state index contributed by atoms with van der Waals surface area (Å²) in [6.07, 6.45) is 2.50. The SMILES string of the molecule is CCN1C2=C(C(=O)CC(C)(C)C2)C(c2cc(Br)c(OCc3ccccc3Cl)c(OC)c2)C2=C1CC(C)(C)CC2=O. The fraction of sp³-hybridized carbons (Fsp3) is 0.455. The van der Waals surface area contributed by atoms with Crippen LogP contribution in [0, 0.1) is 10.8 Å². The fourth-order valence-electron chi connectivity index (χ4n) is 6.57. The van der Waals surface area contributed by atoms with Gasteiger partial charge in [-0.15, -0.1) is 0 Å². The Hall–Kier alpha value is -2.57. The van der Waals surface area contributed by atoms with Gasteiger partial charge in [-0.2, -0.15) is 0 Å². The molecule has 7 heteroatoms. The van der Waals surface area contributed by atoms with Crippen LogP contribution in [0.1, 0.15) is 77.3 Å². The molecule has 2 aliphatic carbocycles. The van der Waals surface area contributed by atoms with Gasteiger partial charge in [-0.3, -0.25) is 9.59 Å². The zero-order chi connectivity index (χ0) is 29.0. The van der Waals surface area contributed by atoms with Gasteiger partial charge in [0.05, 0.1) is 11.6 Å². The van der Waals surface area contributed by atoms with Gasteiger partial charge in [-0.1, -0.05) is 57.5 Å². The maximum Gasteiger partial charge on any atom is 0.175 e. The molecule has 0 fully saturated rings. The number of nitrogens with zero attached hydrogens (tertiary/aromatic N) is 1. The molecule has 0 bridgehead atoms. The van der Waals surface area contributed by atoms with Crippen molar-refractivity contribution in [2.24, 2.45) is 10.8 Å². The fourth-order valence-corrected chi connectivity index (χ4v) is 7.34. The number of ketones is 2. The summed E-state index contributed by atoms with van der Waals surface area (Å²) in [6.45, 7) is 11.7. The van der Waals surface area contributed by atoms with Gasteiger partial charge in [0.25, 0.3) is 0 Å². The normalized spacial score (nSPS) is 20.4. The van der Waals surface area contributed by atoms with Gasteiger partial charge in [-0.05, 0) is 70.3 Å². The number of Topliss-reactive ketones (excluding diaryl/α,β-unsaturated/α-hetero) is 2. The van der Waals surface area contributed by atoms with E-state index >= 15 is 0 Å². The van der Waals surface area contributed by atoms with Crippen LogP contribution < -0.4 is 9.47 Å². The Labute approximate surface area is 250 Å². The highest BCUT2D eigenvalue weighted by Gasteiger charge is 2.48. The van der Waals surface area contributed by atoms with Crippen molar-refractivity contribution in [2.45, 2.75) is 72.8 Å². The van der Waals surface area contributed by atoms with Crippen molar-refractivity contribution < 1.29 is 19.1 Å². The van der Waals surface area contributed by atoms with Crippen LogP contribution in [0.25, 0.3) is 0 Å². The molecule has 0 spiro atoms. The zero-order valence-corrected chi connectivity index (χ0v) is 26.5. The van der Waals surface area contributed by atoms with E-state index in [0.29, 0.717) is 33.8 Å². The predicted molar refractivity (Wildman–Crippen MR) is 162 cm³/mol. The van der Waals surface area contributed by atoms with Gasteiger partial charge in [-0.25, -0.2) is 0 Å². The minimum atomic E-state index is -0.442. The van der Waals surface area contributed by atoms with Crippen molar-refractivity contribution >= 4 is 39.1 Å². The molecule has 212 valence electrons. The average molecular weight is 627 g/mol. The summed E-state index contributed by atoms with van der Waals surface area (Å²) < 4.78 is 12.7. The quantitative estimate of drug-likeness (QED) is 0.322. The lowest BCUT2D eigenvalue weighted by molar-refractivity contribution is -0.119. The second-order valence-corrected chi connectivity index (χ2v) is 14.0. The van der Waals surface area contributed by atoms with Crippen LogP contribution in [0.15, 0.2) is 63.4 Å². The number of carbonyl (C=O) groups excluding carboxylic acids is 2. The van der Waals surface area contributed by atoms with Crippen molar-refractivity contribution in [3.8, 4) is 11.5 Å². The van der Waals surface area contributed by atoms with E-state index in [1.807, 2.05) is 36.4 Å². The molecule has 5 nitrogen and oxygen atoms in total. The predicted octanol–water partition coefficient (Wildman–Crippen LogP) is 8.40. The number of hydrogen-bond acceptors (Lipinski definition) is 5. The van der Waals surface area contributed by atoms with Gasteiger partial charge in [0.2, 0.25) is 0 Å². The van der Waals surface area contributed by atoms with E-state index < -0.39 is 5.92 Å². The third-order valence-corrected chi connectivity index (χ3v) is 9.21. The second kappa shape index (κ2) is 10.7. The third kappa shape index (κ3) is 5.25. The van der Waals surface area contributed by atoms with Crippen molar-refractivity contribution in [1.82, 2.24) is 4.90 Å². The van der Waals surface area contributed by atoms with E-state index in [0.717, 1.165) is 53.1 Å². The average Bonchev–Trinajstić information content (AvgIpc) is 2.86. The van der Waals surface area contributed by atoms with Crippen molar-refractivity contribution in [3.05, 3.63) is 79.6 Å². The molecule has 0 atom stereocenters. The lowest BCUT2D eigenvalue weighted by Gasteiger charge is -2.49. The lowest BCUT2D eigenvalue weighted by Crippen LogP contribution is -2.44. The number of allylic oxidation sites excluding steroid dienone is 4. The molecular formula is C33H37BrClNO4. The monoisotopic (exact) mass is 625 g/mol. The van der Waals surface area contributed by atoms with E-state index in [1.54, 1.807) is 7.11 Å². The Morgan fingerprint density at radius 2 is 1.52 bits per heavy atom. The minimum absolute atomic E-state index is 0.119. The van der Waals surface area contributed by atoms with E-state index in [2.05, 4.69) is 55.4 Å². The molecule has 1 aliphatic heterocycles. The van der Waals surface area contributed by atoms with Gasteiger partial charge in [0, 0.05) is 58.4 Å². The zero-order valence-electron chi connectivity index (χ0n) is 24.1. The summed E-state index contributed by atoms with van der Waals surface area (Å²) in [7, 11) is 1.60. The molecule has 2 aromatic rings. The highest BCUT2D eigenvalue weighted by atomic mass is 79.9. The Balaban J connectivity index is 1.65. The number of rotatable bonds is 6. The lowest BCUT2D eigenvalue weighted by atomic mass is 9.63. The second-order valence-electron chi connectivity index (χ2n) is 12.7. The number of methoxy groups -OCH3 is 1. The van der Waals surface area contributed by atoms with Gasteiger partial charge < -0.3 is 14.4 Å². The number of halogens is 2. The molecule has 0 amide bonds. The molecular weight excluding hydrogens is 590 g/mol. The van der Waals surface area contributed by atoms with Gasteiger partial charge >= 0.3 is 0 Å². The number of benzene rings is 2. The van der Waals surface area contributed by atoms with Crippen molar-refractivity contribution in [3.63, 3.8) is 0 Å². The molecule has 0 unspecified atom stereocenters. The van der Waals surface area contributed by atoms with E-state index in [1.165, 1.54) is 0 Å². The topological polar surface area (TPSA) is 55.8 Å². The Kier molecular flexibility index (Phi) is 7.73. The van der Waals surface area contributed by atoms with E-state index in [9.17, 15) is 9.59 Å². The molecule has 1 heterocycles. The summed E-state index contributed by atoms with van der Waals surface area (Å²) in [5.74, 6) is 0.877. The van der Waals surface area contributed by atoms with E-state index in [4.69, 9.17) is 21.1 Å². The first kappa shape index (κ1) is 28.9. The molecule has 0 N–H and O–H groups in total. The first-order valence-corrected chi connectivity index (χ1v) is 15.1.